The lowest BCUT2D eigenvalue weighted by molar-refractivity contribution is -0.684. The van der Waals surface area contributed by atoms with Crippen molar-refractivity contribution in [3.63, 3.8) is 0 Å². The van der Waals surface area contributed by atoms with Gasteiger partial charge in [0.05, 0.1) is 11.4 Å². The number of carbonyl (C=O) groups is 1. The van der Waals surface area contributed by atoms with Crippen molar-refractivity contribution < 1.29 is 9.36 Å². The molecule has 1 amide bonds. The molecule has 0 fully saturated rings. The lowest BCUT2D eigenvalue weighted by Gasteiger charge is -2.11. The number of carbonyl (C=O) groups excluding carboxylic acids is 1. The zero-order chi connectivity index (χ0) is 21.0. The summed E-state index contributed by atoms with van der Waals surface area (Å²) in [6.07, 6.45) is 6.05. The Bertz CT molecular complexity index is 1030. The van der Waals surface area contributed by atoms with E-state index in [2.05, 4.69) is 31.3 Å². The molecule has 6 heteroatoms. The van der Waals surface area contributed by atoms with E-state index in [0.29, 0.717) is 17.3 Å². The Balaban J connectivity index is 1.77. The van der Waals surface area contributed by atoms with Gasteiger partial charge in [-0.3, -0.25) is 14.3 Å². The molecule has 0 radical (unpaired) electrons. The lowest BCUT2D eigenvalue weighted by atomic mass is 9.95. The highest BCUT2D eigenvalue weighted by Crippen LogP contribution is 2.21. The van der Waals surface area contributed by atoms with Crippen LogP contribution in [-0.2, 0) is 18.4 Å². The molecule has 6 nitrogen and oxygen atoms in total. The van der Waals surface area contributed by atoms with Gasteiger partial charge in [0.1, 0.15) is 5.69 Å². The quantitative estimate of drug-likeness (QED) is 0.626. The molecule has 29 heavy (non-hydrogen) atoms. The molecular formula is C23H29N4O2+. The first kappa shape index (κ1) is 20.6. The van der Waals surface area contributed by atoms with Crippen LogP contribution in [0, 0.1) is 6.92 Å². The van der Waals surface area contributed by atoms with E-state index >= 15 is 0 Å². The molecule has 0 saturated carbocycles. The minimum Gasteiger partial charge on any atom is -0.314 e. The van der Waals surface area contributed by atoms with Crippen LogP contribution in [-0.4, -0.2) is 15.3 Å². The van der Waals surface area contributed by atoms with Crippen LogP contribution in [0.1, 0.15) is 43.9 Å². The van der Waals surface area contributed by atoms with Gasteiger partial charge in [-0.25, -0.2) is 4.68 Å². The predicted molar refractivity (Wildman–Crippen MR) is 114 cm³/mol. The van der Waals surface area contributed by atoms with Crippen LogP contribution in [0.15, 0.2) is 59.7 Å². The average molecular weight is 394 g/mol. The van der Waals surface area contributed by atoms with Gasteiger partial charge in [-0.1, -0.05) is 32.0 Å². The van der Waals surface area contributed by atoms with Crippen molar-refractivity contribution in [1.82, 2.24) is 9.36 Å². The van der Waals surface area contributed by atoms with Gasteiger partial charge in [-0.15, -0.1) is 0 Å². The van der Waals surface area contributed by atoms with Gasteiger partial charge < -0.3 is 5.32 Å². The topological polar surface area (TPSA) is 59.9 Å². The molecule has 0 saturated heterocycles. The number of anilines is 1. The monoisotopic (exact) mass is 393 g/mol. The molecule has 0 atom stereocenters. The summed E-state index contributed by atoms with van der Waals surface area (Å²) in [5.74, 6) is 0.318. The van der Waals surface area contributed by atoms with E-state index < -0.39 is 0 Å². The Morgan fingerprint density at radius 1 is 1.07 bits per heavy atom. The molecule has 0 aliphatic heterocycles. The molecular weight excluding hydrogens is 364 g/mol. The minimum atomic E-state index is -0.237. The maximum atomic E-state index is 12.9. The fraction of sp³-hybridized carbons (Fsp3) is 0.348. The van der Waals surface area contributed by atoms with Gasteiger partial charge in [0.15, 0.2) is 12.4 Å². The Hall–Kier alpha value is -3.15. The fourth-order valence-corrected chi connectivity index (χ4v) is 3.66. The molecule has 0 aliphatic carbocycles. The van der Waals surface area contributed by atoms with E-state index in [9.17, 15) is 9.59 Å². The van der Waals surface area contributed by atoms with Gasteiger partial charge in [0.2, 0.25) is 6.54 Å². The number of nitrogens with one attached hydrogen (secondary N) is 1. The number of rotatable bonds is 7. The van der Waals surface area contributed by atoms with E-state index in [0.717, 1.165) is 18.5 Å². The van der Waals surface area contributed by atoms with Gasteiger partial charge in [0.25, 0.3) is 11.5 Å². The first-order valence-corrected chi connectivity index (χ1v) is 10.1. The highest BCUT2D eigenvalue weighted by Gasteiger charge is 2.20. The summed E-state index contributed by atoms with van der Waals surface area (Å²) in [5, 5.41) is 2.80. The molecule has 1 aromatic carbocycles. The molecule has 152 valence electrons. The maximum absolute atomic E-state index is 12.9. The summed E-state index contributed by atoms with van der Waals surface area (Å²) < 4.78 is 5.14. The van der Waals surface area contributed by atoms with Crippen LogP contribution in [0.4, 0.5) is 5.69 Å². The summed E-state index contributed by atoms with van der Waals surface area (Å²) in [6, 6.07) is 13.5. The Morgan fingerprint density at radius 3 is 2.28 bits per heavy atom. The zero-order valence-electron chi connectivity index (χ0n) is 17.6. The standard InChI is InChI=1S/C23H28N4O2/c1-5-18(6-2)19-12-14-26(15-13-19)16-21(28)24-22-17(3)25(4)27(23(22)29)20-10-8-7-9-11-20/h7-15,18H,5-6,16H2,1-4H3/p+1. The van der Waals surface area contributed by atoms with Crippen LogP contribution in [0.25, 0.3) is 5.69 Å². The second kappa shape index (κ2) is 8.90. The summed E-state index contributed by atoms with van der Waals surface area (Å²) >= 11 is 0. The molecule has 2 aromatic heterocycles. The molecule has 0 aliphatic rings. The summed E-state index contributed by atoms with van der Waals surface area (Å²) in [5.41, 5.74) is 2.83. The normalized spacial score (nSPS) is 11.1. The van der Waals surface area contributed by atoms with Crippen LogP contribution < -0.4 is 15.4 Å². The van der Waals surface area contributed by atoms with E-state index in [1.807, 2.05) is 61.3 Å². The van der Waals surface area contributed by atoms with Gasteiger partial charge >= 0.3 is 0 Å². The molecule has 0 unspecified atom stereocenters. The predicted octanol–water partition coefficient (Wildman–Crippen LogP) is 3.31. The van der Waals surface area contributed by atoms with Gasteiger partial charge in [-0.05, 0) is 43.4 Å². The number of pyridine rings is 1. The third-order valence-corrected chi connectivity index (χ3v) is 5.52. The number of para-hydroxylation sites is 1. The largest absolute Gasteiger partial charge is 0.314 e. The van der Waals surface area contributed by atoms with Crippen molar-refractivity contribution in [3.8, 4) is 5.69 Å². The van der Waals surface area contributed by atoms with Gasteiger partial charge in [0, 0.05) is 19.2 Å². The first-order chi connectivity index (χ1) is 14.0. The Morgan fingerprint density at radius 2 is 1.69 bits per heavy atom. The SMILES string of the molecule is CCC(CC)c1cc[n+](CC(=O)Nc2c(C)n(C)n(-c3ccccc3)c2=O)cc1. The first-order valence-electron chi connectivity index (χ1n) is 10.1. The number of benzene rings is 1. The van der Waals surface area contributed by atoms with Crippen molar-refractivity contribution in [2.24, 2.45) is 7.05 Å². The second-order valence-electron chi connectivity index (χ2n) is 7.30. The molecule has 3 rings (SSSR count). The van der Waals surface area contributed by atoms with Gasteiger partial charge in [-0.2, -0.15) is 4.57 Å². The third kappa shape index (κ3) is 4.31. The Kier molecular flexibility index (Phi) is 6.32. The van der Waals surface area contributed by atoms with Crippen LogP contribution in [0.2, 0.25) is 0 Å². The van der Waals surface area contributed by atoms with Crippen molar-refractivity contribution in [3.05, 3.63) is 76.5 Å². The maximum Gasteiger partial charge on any atom is 0.295 e. The van der Waals surface area contributed by atoms with Crippen LogP contribution >= 0.6 is 0 Å². The number of amides is 1. The number of nitrogens with zero attached hydrogens (tertiary/aromatic N) is 3. The van der Waals surface area contributed by atoms with E-state index in [1.54, 1.807) is 9.36 Å². The Labute approximate surface area is 171 Å². The van der Waals surface area contributed by atoms with Crippen molar-refractivity contribution in [2.45, 2.75) is 46.1 Å². The van der Waals surface area contributed by atoms with Crippen LogP contribution in [0.5, 0.6) is 0 Å². The van der Waals surface area contributed by atoms with E-state index in [-0.39, 0.29) is 18.0 Å². The zero-order valence-corrected chi connectivity index (χ0v) is 17.6. The van der Waals surface area contributed by atoms with Crippen molar-refractivity contribution in [1.29, 1.82) is 0 Å². The average Bonchev–Trinajstić information content (AvgIpc) is 2.94. The van der Waals surface area contributed by atoms with Crippen molar-refractivity contribution in [2.75, 3.05) is 5.32 Å². The summed E-state index contributed by atoms with van der Waals surface area (Å²) in [7, 11) is 1.81. The fourth-order valence-electron chi connectivity index (χ4n) is 3.66. The molecule has 2 heterocycles. The molecule has 0 spiro atoms. The number of hydrogen-bond acceptors (Lipinski definition) is 2. The van der Waals surface area contributed by atoms with Crippen molar-refractivity contribution >= 4 is 11.6 Å². The lowest BCUT2D eigenvalue weighted by Crippen LogP contribution is -2.40. The highest BCUT2D eigenvalue weighted by atomic mass is 16.2. The summed E-state index contributed by atoms with van der Waals surface area (Å²) in [4.78, 5) is 25.5. The van der Waals surface area contributed by atoms with E-state index in [1.165, 1.54) is 5.56 Å². The third-order valence-electron chi connectivity index (χ3n) is 5.52. The summed E-state index contributed by atoms with van der Waals surface area (Å²) in [6.45, 7) is 6.36. The van der Waals surface area contributed by atoms with E-state index in [4.69, 9.17) is 0 Å². The minimum absolute atomic E-state index is 0.155. The molecule has 3 aromatic rings. The van der Waals surface area contributed by atoms with Crippen LogP contribution in [0.3, 0.4) is 0 Å². The number of aromatic nitrogens is 3. The molecule has 0 bridgehead atoms. The highest BCUT2D eigenvalue weighted by molar-refractivity contribution is 5.90. The smallest absolute Gasteiger partial charge is 0.295 e. The number of hydrogen-bond donors (Lipinski definition) is 1. The molecule has 1 N–H and O–H groups in total. The second-order valence-corrected chi connectivity index (χ2v) is 7.30.